The van der Waals surface area contributed by atoms with Gasteiger partial charge in [-0.05, 0) is 119 Å². The first-order valence-corrected chi connectivity index (χ1v) is 30.5. The molecule has 0 unspecified atom stereocenters. The summed E-state index contributed by atoms with van der Waals surface area (Å²) in [7, 11) is 3.61. The van der Waals surface area contributed by atoms with Gasteiger partial charge in [0.25, 0.3) is 11.8 Å². The van der Waals surface area contributed by atoms with Crippen LogP contribution in [0.15, 0.2) is 66.9 Å². The SMILES string of the molecule is CCOc1cc(N2CCC(C(=O)N3CCC(CN4CCN(C(=O)CNC(=O)OC5CCC(Nc6cc(-n7nc(C(F)(F)F)c8c7CC(C)(C)CC8=O)ccc6C(N)=O)CC5)CC4)CC3)CC2)ccc1Nc1ncc2c(n1)N(C)c1ccccc1C(=O)N2C. The lowest BCUT2D eigenvalue weighted by molar-refractivity contribution is -0.141. The molecule has 6 heterocycles. The summed E-state index contributed by atoms with van der Waals surface area (Å²) in [6, 6.07) is 17.7. The fraction of sp³-hybridized carbons (Fsp3) is 0.508. The van der Waals surface area contributed by atoms with Crippen molar-refractivity contribution in [3.8, 4) is 11.4 Å². The van der Waals surface area contributed by atoms with Crippen molar-refractivity contribution in [2.45, 2.75) is 103 Å². The fourth-order valence-corrected chi connectivity index (χ4v) is 13.3. The zero-order valence-corrected chi connectivity index (χ0v) is 50.5. The number of hydrogen-bond donors (Lipinski definition) is 4. The van der Waals surface area contributed by atoms with E-state index in [0.29, 0.717) is 105 Å². The number of nitrogens with two attached hydrogens (primary N) is 1. The number of Topliss-reactive ketones (excluding diaryl/α,β-unsaturated/α-hetero) is 1. The second-order valence-corrected chi connectivity index (χ2v) is 24.8. The number of alkyl carbamates (subject to hydrolysis) is 1. The molecular weight excluding hydrogens is 1140 g/mol. The van der Waals surface area contributed by atoms with Gasteiger partial charge in [-0.25, -0.2) is 14.5 Å². The average Bonchev–Trinajstić information content (AvgIpc) is 1.73. The highest BCUT2D eigenvalue weighted by molar-refractivity contribution is 6.13. The van der Waals surface area contributed by atoms with E-state index in [9.17, 15) is 41.9 Å². The minimum atomic E-state index is -4.85. The zero-order valence-electron chi connectivity index (χ0n) is 50.5. The number of ether oxygens (including phenoxy) is 2. The van der Waals surface area contributed by atoms with E-state index in [1.807, 2.05) is 80.1 Å². The maximum atomic E-state index is 14.2. The van der Waals surface area contributed by atoms with E-state index in [2.05, 4.69) is 35.8 Å². The van der Waals surface area contributed by atoms with Crippen LogP contribution in [0.1, 0.15) is 121 Å². The van der Waals surface area contributed by atoms with Crippen LogP contribution in [0.2, 0.25) is 0 Å². The largest absolute Gasteiger partial charge is 0.492 e. The van der Waals surface area contributed by atoms with E-state index in [4.69, 9.17) is 20.2 Å². The molecule has 2 aromatic heterocycles. The summed E-state index contributed by atoms with van der Waals surface area (Å²) in [6.45, 7) is 12.2. The third-order valence-corrected chi connectivity index (χ3v) is 18.1. The van der Waals surface area contributed by atoms with E-state index >= 15 is 0 Å². The Labute approximate surface area is 509 Å². The van der Waals surface area contributed by atoms with E-state index < -0.39 is 46.7 Å². The van der Waals surface area contributed by atoms with E-state index in [0.717, 1.165) is 74.5 Å². The summed E-state index contributed by atoms with van der Waals surface area (Å²) >= 11 is 0. The molecule has 0 radical (unpaired) electrons. The van der Waals surface area contributed by atoms with Crippen molar-refractivity contribution in [1.82, 2.24) is 39.8 Å². The smallest absolute Gasteiger partial charge is 0.435 e. The van der Waals surface area contributed by atoms with Gasteiger partial charge < -0.3 is 55.7 Å². The number of carbonyl (C=O) groups is 6. The van der Waals surface area contributed by atoms with Crippen LogP contribution in [0.25, 0.3) is 5.69 Å². The predicted octanol–water partition coefficient (Wildman–Crippen LogP) is 8.18. The third-order valence-electron chi connectivity index (χ3n) is 18.1. The van der Waals surface area contributed by atoms with Crippen molar-refractivity contribution >= 4 is 75.7 Å². The first kappa shape index (κ1) is 61.2. The summed E-state index contributed by atoms with van der Waals surface area (Å²) in [5, 5.41) is 13.2. The number of alkyl halides is 3. The number of piperazine rings is 1. The first-order valence-electron chi connectivity index (χ1n) is 30.5. The number of benzene rings is 3. The molecule has 3 saturated heterocycles. The Balaban J connectivity index is 0.583. The lowest BCUT2D eigenvalue weighted by atomic mass is 9.75. The molecule has 5 N–H and O–H groups in total. The number of nitrogens with zero attached hydrogens (tertiary/aromatic N) is 10. The van der Waals surface area contributed by atoms with Crippen molar-refractivity contribution < 1.29 is 51.4 Å². The minimum Gasteiger partial charge on any atom is -0.492 e. The molecule has 3 aromatic carbocycles. The van der Waals surface area contributed by atoms with Crippen LogP contribution in [0.3, 0.4) is 0 Å². The molecule has 11 rings (SSSR count). The Bertz CT molecular complexity index is 3470. The summed E-state index contributed by atoms with van der Waals surface area (Å²) in [5.74, 6) is 0.561. The first-order chi connectivity index (χ1) is 42.1. The molecule has 22 nitrogen and oxygen atoms in total. The highest BCUT2D eigenvalue weighted by Gasteiger charge is 2.46. The molecule has 0 atom stereocenters. The number of carbonyl (C=O) groups excluding carboxylic acids is 6. The van der Waals surface area contributed by atoms with Gasteiger partial charge in [0.2, 0.25) is 17.8 Å². The number of anilines is 7. The Morgan fingerprint density at radius 2 is 1.50 bits per heavy atom. The number of ketones is 1. The van der Waals surface area contributed by atoms with Crippen LogP contribution in [0.4, 0.5) is 58.2 Å². The van der Waals surface area contributed by atoms with E-state index in [1.54, 1.807) is 23.0 Å². The van der Waals surface area contributed by atoms with E-state index in [1.165, 1.54) is 18.2 Å². The summed E-state index contributed by atoms with van der Waals surface area (Å²) in [5.41, 5.74) is 7.96. The van der Waals surface area contributed by atoms with Gasteiger partial charge in [0.05, 0.1) is 52.3 Å². The molecule has 0 spiro atoms. The topological polar surface area (TPSA) is 246 Å². The van der Waals surface area contributed by atoms with Gasteiger partial charge in [0.1, 0.15) is 24.1 Å². The molecule has 0 bridgehead atoms. The molecule has 88 heavy (non-hydrogen) atoms. The molecule has 468 valence electrons. The average molecular weight is 1220 g/mol. The quantitative estimate of drug-likeness (QED) is 0.0772. The molecule has 4 aliphatic heterocycles. The van der Waals surface area contributed by atoms with Gasteiger partial charge in [0.15, 0.2) is 17.3 Å². The molecule has 5 amide bonds. The Kier molecular flexibility index (Phi) is 17.6. The van der Waals surface area contributed by atoms with Gasteiger partial charge >= 0.3 is 12.3 Å². The second kappa shape index (κ2) is 25.3. The van der Waals surface area contributed by atoms with Crippen LogP contribution < -0.4 is 41.1 Å². The summed E-state index contributed by atoms with van der Waals surface area (Å²) in [4.78, 5) is 100. The number of nitrogens with one attached hydrogen (secondary N) is 3. The standard InChI is InChI=1S/C63H77F3N14O8/c1-6-87-52-32-41(14-18-46(52)71-60-68-35-50-57(72-60)74(4)48-10-8-7-9-45(48)59(85)75(50)5)77-25-21-39(22-26-77)58(84)79-23-19-38(20-24-79)37-76-27-29-78(30-28-76)53(82)36-69-61(86)88-43-15-11-40(12-16-43)70-47-31-42(13-17-44(47)56(67)83)80-49-33-62(2,3)34-51(81)54(49)55(73-80)63(64,65)66/h7-10,13-14,17-18,31-32,35,38-40,43,70H,6,11-12,15-16,19-30,33-34,36-37H2,1-5H3,(H2,67,83)(H,69,86)(H,68,71,72). The maximum absolute atomic E-state index is 14.2. The van der Waals surface area contributed by atoms with Crippen molar-refractivity contribution in [3.05, 3.63) is 94.9 Å². The number of aromatic nitrogens is 4. The number of para-hydroxylation sites is 1. The third kappa shape index (κ3) is 13.2. The van der Waals surface area contributed by atoms with Crippen LogP contribution >= 0.6 is 0 Å². The number of primary amides is 1. The summed E-state index contributed by atoms with van der Waals surface area (Å²) in [6.07, 6.45) is 1.21. The Hall–Kier alpha value is -8.48. The molecule has 2 aliphatic carbocycles. The van der Waals surface area contributed by atoms with Gasteiger partial charge in [-0.1, -0.05) is 26.0 Å². The van der Waals surface area contributed by atoms with Gasteiger partial charge in [0, 0.05) is 109 Å². The zero-order chi connectivity index (χ0) is 62.2. The lowest BCUT2D eigenvalue weighted by Crippen LogP contribution is -2.53. The fourth-order valence-electron chi connectivity index (χ4n) is 13.3. The molecular formula is C63H77F3N14O8. The number of amides is 5. The normalized spacial score (nSPS) is 20.2. The van der Waals surface area contributed by atoms with Crippen LogP contribution in [0.5, 0.6) is 5.75 Å². The van der Waals surface area contributed by atoms with Gasteiger partial charge in [-0.2, -0.15) is 23.3 Å². The Morgan fingerprint density at radius 1 is 0.784 bits per heavy atom. The van der Waals surface area contributed by atoms with Crippen molar-refractivity contribution in [1.29, 1.82) is 0 Å². The maximum Gasteiger partial charge on any atom is 0.435 e. The number of rotatable bonds is 15. The van der Waals surface area contributed by atoms with Crippen molar-refractivity contribution in [2.24, 2.45) is 23.0 Å². The van der Waals surface area contributed by atoms with Crippen LogP contribution in [-0.4, -0.2) is 168 Å². The van der Waals surface area contributed by atoms with Crippen LogP contribution in [0, 0.1) is 17.3 Å². The molecule has 1 saturated carbocycles. The number of hydrogen-bond acceptors (Lipinski definition) is 16. The molecule has 25 heteroatoms. The second-order valence-electron chi connectivity index (χ2n) is 24.8. The molecule has 5 aromatic rings. The van der Waals surface area contributed by atoms with Crippen LogP contribution in [-0.2, 0) is 26.9 Å². The van der Waals surface area contributed by atoms with E-state index in [-0.39, 0.29) is 66.0 Å². The summed E-state index contributed by atoms with van der Waals surface area (Å²) < 4.78 is 55.5. The predicted molar refractivity (Wildman–Crippen MR) is 325 cm³/mol. The Morgan fingerprint density at radius 3 is 2.20 bits per heavy atom. The lowest BCUT2D eigenvalue weighted by Gasteiger charge is -2.40. The molecule has 6 aliphatic rings. The minimum absolute atomic E-state index is 0.0369. The van der Waals surface area contributed by atoms with Crippen molar-refractivity contribution in [3.63, 3.8) is 0 Å². The number of likely N-dealkylation sites (tertiary alicyclic amines) is 1. The molecule has 4 fully saturated rings. The van der Waals surface area contributed by atoms with Gasteiger partial charge in [-0.15, -0.1) is 0 Å². The number of piperidine rings is 2. The highest BCUT2D eigenvalue weighted by Crippen LogP contribution is 2.44. The number of halogens is 3. The van der Waals surface area contributed by atoms with Crippen molar-refractivity contribution in [2.75, 3.05) is 111 Å². The van der Waals surface area contributed by atoms with Gasteiger partial charge in [-0.3, -0.25) is 28.9 Å². The highest BCUT2D eigenvalue weighted by atomic mass is 19.4. The number of fused-ring (bicyclic) bond motifs is 3. The monoisotopic (exact) mass is 1210 g/mol.